The fraction of sp³-hybridized carbons (Fsp3) is 0. The lowest BCUT2D eigenvalue weighted by Gasteiger charge is -2.01. The van der Waals surface area contributed by atoms with Crippen molar-refractivity contribution in [1.82, 2.24) is 4.98 Å². The summed E-state index contributed by atoms with van der Waals surface area (Å²) in [4.78, 5) is 25.7. The van der Waals surface area contributed by atoms with Crippen LogP contribution in [-0.4, -0.2) is 21.8 Å². The summed E-state index contributed by atoms with van der Waals surface area (Å²) >= 11 is 0. The second-order valence-corrected chi connectivity index (χ2v) is 3.04. The number of nitrogens with zero attached hydrogens (tertiary/aromatic N) is 1. The Balaban J connectivity index is 2.71. The number of rotatable bonds is 2. The number of ketones is 1. The molecule has 0 aliphatic carbocycles. The Morgan fingerprint density at radius 2 is 1.87 bits per heavy atom. The number of benzene rings is 1. The average Bonchev–Trinajstić information content (AvgIpc) is 2.27. The van der Waals surface area contributed by atoms with Crippen molar-refractivity contribution >= 4 is 22.5 Å². The molecule has 2 rings (SSSR count). The van der Waals surface area contributed by atoms with Crippen LogP contribution in [0.1, 0.15) is 10.4 Å². The number of aliphatic carboxylic acids is 1. The zero-order valence-electron chi connectivity index (χ0n) is 7.68. The maximum absolute atomic E-state index is 11.3. The predicted octanol–water partition coefficient (Wildman–Crippen LogP) is 1.50. The molecule has 0 saturated carbocycles. The lowest BCUT2D eigenvalue weighted by Crippen LogP contribution is -2.13. The van der Waals surface area contributed by atoms with E-state index >= 15 is 0 Å². The topological polar surface area (TPSA) is 67.3 Å². The predicted molar refractivity (Wildman–Crippen MR) is 53.7 cm³/mol. The zero-order chi connectivity index (χ0) is 10.8. The Morgan fingerprint density at radius 1 is 1.13 bits per heavy atom. The molecule has 1 heterocycles. The molecule has 2 aromatic rings. The summed E-state index contributed by atoms with van der Waals surface area (Å²) in [6.07, 6.45) is 2.87. The second kappa shape index (κ2) is 3.49. The molecule has 4 nitrogen and oxygen atoms in total. The van der Waals surface area contributed by atoms with Crippen LogP contribution in [0.3, 0.4) is 0 Å². The Hall–Kier alpha value is -2.23. The zero-order valence-corrected chi connectivity index (χ0v) is 7.68. The molecule has 74 valence electrons. The Kier molecular flexibility index (Phi) is 2.17. The summed E-state index contributed by atoms with van der Waals surface area (Å²) in [6.45, 7) is 0. The standard InChI is InChI=1S/C11H7NO3/c13-10(11(14)15)9-6-12-5-7-3-1-2-4-8(7)9/h1-6H,(H,14,15). The molecule has 0 atom stereocenters. The summed E-state index contributed by atoms with van der Waals surface area (Å²) in [5, 5.41) is 9.98. The summed E-state index contributed by atoms with van der Waals surface area (Å²) in [6, 6.07) is 7.04. The smallest absolute Gasteiger partial charge is 0.377 e. The molecule has 0 amide bonds. The highest BCUT2D eigenvalue weighted by Gasteiger charge is 2.17. The van der Waals surface area contributed by atoms with Gasteiger partial charge in [0, 0.05) is 17.8 Å². The van der Waals surface area contributed by atoms with Crippen molar-refractivity contribution in [3.63, 3.8) is 0 Å². The highest BCUT2D eigenvalue weighted by molar-refractivity contribution is 6.42. The third-order valence-electron chi connectivity index (χ3n) is 2.11. The van der Waals surface area contributed by atoms with Crippen LogP contribution in [0.2, 0.25) is 0 Å². The Labute approximate surface area is 85.2 Å². The number of hydrogen-bond donors (Lipinski definition) is 1. The van der Waals surface area contributed by atoms with Gasteiger partial charge in [-0.3, -0.25) is 9.78 Å². The summed E-state index contributed by atoms with van der Waals surface area (Å²) in [5.74, 6) is -2.40. The van der Waals surface area contributed by atoms with Gasteiger partial charge in [0.2, 0.25) is 0 Å². The van der Waals surface area contributed by atoms with Crippen LogP contribution in [0, 0.1) is 0 Å². The van der Waals surface area contributed by atoms with Crippen molar-refractivity contribution in [2.75, 3.05) is 0 Å². The van der Waals surface area contributed by atoms with E-state index in [2.05, 4.69) is 4.98 Å². The van der Waals surface area contributed by atoms with Crippen molar-refractivity contribution < 1.29 is 14.7 Å². The van der Waals surface area contributed by atoms with Crippen molar-refractivity contribution in [3.8, 4) is 0 Å². The number of fused-ring (bicyclic) bond motifs is 1. The van der Waals surface area contributed by atoms with E-state index in [1.807, 2.05) is 0 Å². The fourth-order valence-electron chi connectivity index (χ4n) is 1.41. The van der Waals surface area contributed by atoms with E-state index in [-0.39, 0.29) is 5.56 Å². The van der Waals surface area contributed by atoms with E-state index in [0.717, 1.165) is 5.39 Å². The number of carboxylic acid groups (broad SMARTS) is 1. The van der Waals surface area contributed by atoms with E-state index in [9.17, 15) is 9.59 Å². The van der Waals surface area contributed by atoms with Gasteiger partial charge in [0.1, 0.15) is 0 Å². The molecule has 0 aliphatic rings. The van der Waals surface area contributed by atoms with E-state index in [0.29, 0.717) is 5.39 Å². The number of carbonyl (C=O) groups excluding carboxylic acids is 1. The molecular weight excluding hydrogens is 194 g/mol. The van der Waals surface area contributed by atoms with Gasteiger partial charge >= 0.3 is 5.97 Å². The number of Topliss-reactive ketones (excluding diaryl/α,β-unsaturated/α-hetero) is 1. The Morgan fingerprint density at radius 3 is 2.60 bits per heavy atom. The first-order valence-corrected chi connectivity index (χ1v) is 4.30. The lowest BCUT2D eigenvalue weighted by molar-refractivity contribution is -0.131. The van der Waals surface area contributed by atoms with Gasteiger partial charge in [-0.05, 0) is 5.39 Å². The van der Waals surface area contributed by atoms with E-state index in [1.54, 1.807) is 30.5 Å². The molecule has 4 heteroatoms. The molecule has 0 bridgehead atoms. The number of aromatic nitrogens is 1. The van der Waals surface area contributed by atoms with Crippen molar-refractivity contribution in [1.29, 1.82) is 0 Å². The quantitative estimate of drug-likeness (QED) is 0.590. The van der Waals surface area contributed by atoms with Gasteiger partial charge in [0.15, 0.2) is 0 Å². The van der Waals surface area contributed by atoms with E-state index in [4.69, 9.17) is 5.11 Å². The third kappa shape index (κ3) is 1.57. The minimum absolute atomic E-state index is 0.126. The van der Waals surface area contributed by atoms with E-state index in [1.165, 1.54) is 6.20 Å². The van der Waals surface area contributed by atoms with Crippen LogP contribution in [0.25, 0.3) is 10.8 Å². The second-order valence-electron chi connectivity index (χ2n) is 3.04. The number of carboxylic acids is 1. The van der Waals surface area contributed by atoms with Gasteiger partial charge < -0.3 is 5.11 Å². The van der Waals surface area contributed by atoms with Crippen LogP contribution < -0.4 is 0 Å². The first-order valence-electron chi connectivity index (χ1n) is 4.30. The van der Waals surface area contributed by atoms with Crippen molar-refractivity contribution in [2.45, 2.75) is 0 Å². The van der Waals surface area contributed by atoms with E-state index < -0.39 is 11.8 Å². The molecule has 1 N–H and O–H groups in total. The molecular formula is C11H7NO3. The minimum atomic E-state index is -1.46. The molecule has 1 aromatic heterocycles. The first kappa shape index (κ1) is 9.33. The third-order valence-corrected chi connectivity index (χ3v) is 2.11. The molecule has 0 unspecified atom stereocenters. The van der Waals surface area contributed by atoms with Crippen molar-refractivity contribution in [2.24, 2.45) is 0 Å². The monoisotopic (exact) mass is 201 g/mol. The maximum atomic E-state index is 11.3. The van der Waals surface area contributed by atoms with Crippen LogP contribution in [0.15, 0.2) is 36.7 Å². The number of carbonyl (C=O) groups is 2. The van der Waals surface area contributed by atoms with Gasteiger partial charge in [-0.15, -0.1) is 0 Å². The molecule has 0 aliphatic heterocycles. The number of pyridine rings is 1. The minimum Gasteiger partial charge on any atom is -0.475 e. The lowest BCUT2D eigenvalue weighted by atomic mass is 10.1. The van der Waals surface area contributed by atoms with Gasteiger partial charge in [-0.2, -0.15) is 0 Å². The molecule has 0 radical (unpaired) electrons. The van der Waals surface area contributed by atoms with Crippen LogP contribution in [0.4, 0.5) is 0 Å². The molecule has 0 saturated heterocycles. The molecule has 15 heavy (non-hydrogen) atoms. The highest BCUT2D eigenvalue weighted by atomic mass is 16.4. The van der Waals surface area contributed by atoms with Gasteiger partial charge in [-0.1, -0.05) is 24.3 Å². The molecule has 0 fully saturated rings. The number of hydrogen-bond acceptors (Lipinski definition) is 3. The molecule has 1 aromatic carbocycles. The largest absolute Gasteiger partial charge is 0.475 e. The average molecular weight is 201 g/mol. The van der Waals surface area contributed by atoms with Gasteiger partial charge in [0.25, 0.3) is 5.78 Å². The normalized spacial score (nSPS) is 10.1. The SMILES string of the molecule is O=C(O)C(=O)c1cncc2ccccc12. The van der Waals surface area contributed by atoms with Gasteiger partial charge in [0.05, 0.1) is 5.56 Å². The summed E-state index contributed by atoms with van der Waals surface area (Å²) in [5.41, 5.74) is 0.126. The van der Waals surface area contributed by atoms with Crippen LogP contribution in [0.5, 0.6) is 0 Å². The first-order chi connectivity index (χ1) is 7.20. The highest BCUT2D eigenvalue weighted by Crippen LogP contribution is 2.17. The summed E-state index contributed by atoms with van der Waals surface area (Å²) < 4.78 is 0. The van der Waals surface area contributed by atoms with Crippen molar-refractivity contribution in [3.05, 3.63) is 42.2 Å². The van der Waals surface area contributed by atoms with Crippen LogP contribution in [-0.2, 0) is 4.79 Å². The fourth-order valence-corrected chi connectivity index (χ4v) is 1.41. The van der Waals surface area contributed by atoms with Crippen LogP contribution >= 0.6 is 0 Å². The maximum Gasteiger partial charge on any atom is 0.377 e. The summed E-state index contributed by atoms with van der Waals surface area (Å²) in [7, 11) is 0. The Bertz CT molecular complexity index is 543. The van der Waals surface area contributed by atoms with Gasteiger partial charge in [-0.25, -0.2) is 4.79 Å². The molecule has 0 spiro atoms.